The van der Waals surface area contributed by atoms with Gasteiger partial charge in [-0.2, -0.15) is 52.7 Å². The molecule has 0 aromatic heterocycles. The minimum atomic E-state index is -6.10. The first-order valence-electron chi connectivity index (χ1n) is 5.96. The molecule has 0 unspecified atom stereocenters. The van der Waals surface area contributed by atoms with Crippen LogP contribution in [0, 0.1) is 0 Å². The molecule has 0 aliphatic rings. The number of halogens is 12. The summed E-state index contributed by atoms with van der Waals surface area (Å²) in [6.45, 7) is 0.757. The van der Waals surface area contributed by atoms with Gasteiger partial charge >= 0.3 is 24.7 Å². The molecular weight excluding hydrogens is 412 g/mol. The van der Waals surface area contributed by atoms with E-state index in [1.54, 1.807) is 0 Å². The number of rotatable bonds is 5. The third-order valence-corrected chi connectivity index (χ3v) is 7.27. The molecule has 0 bridgehead atoms. The highest BCUT2D eigenvalue weighted by Crippen LogP contribution is 2.65. The van der Waals surface area contributed by atoms with E-state index in [4.69, 9.17) is 0 Å². The van der Waals surface area contributed by atoms with Gasteiger partial charge in [0.15, 0.2) is 0 Å². The van der Waals surface area contributed by atoms with Crippen molar-refractivity contribution in [3.05, 3.63) is 0 Å². The molecule has 0 amide bonds. The predicted molar refractivity (Wildman–Crippen MR) is 65.4 cm³/mol. The maximum absolute atomic E-state index is 12.8. The van der Waals surface area contributed by atoms with Crippen molar-refractivity contribution in [2.45, 2.75) is 60.9 Å². The van der Waals surface area contributed by atoms with Gasteiger partial charge in [0, 0.05) is 0 Å². The van der Waals surface area contributed by atoms with Crippen LogP contribution in [0.5, 0.6) is 0 Å². The highest BCUT2D eigenvalue weighted by molar-refractivity contribution is 8.77. The van der Waals surface area contributed by atoms with E-state index in [1.807, 2.05) is 0 Å². The second kappa shape index (κ2) is 6.88. The summed E-state index contributed by atoms with van der Waals surface area (Å²) in [5, 5.41) is 0. The van der Waals surface area contributed by atoms with E-state index in [9.17, 15) is 52.7 Å². The Balaban J connectivity index is 6.09. The van der Waals surface area contributed by atoms with E-state index >= 15 is 0 Å². The van der Waals surface area contributed by atoms with Gasteiger partial charge in [0.05, 0.1) is 0 Å². The van der Waals surface area contributed by atoms with Crippen LogP contribution in [0.2, 0.25) is 0 Å². The smallest absolute Gasteiger partial charge is 0.169 e. The average Bonchev–Trinajstić information content (AvgIpc) is 2.28. The normalized spacial score (nSPS) is 15.8. The van der Waals surface area contributed by atoms with E-state index < -0.39 is 68.6 Å². The van der Waals surface area contributed by atoms with E-state index in [2.05, 4.69) is 0 Å². The standard InChI is InChI=1S/C10H10F12S2/c1-3-5(7(11,12)13,8(14,15)16)23-24-6(4-2,9(17,18)19)10(20,21)22/h3-4H2,1-2H3. The predicted octanol–water partition coefficient (Wildman–Crippen LogP) is 6.91. The van der Waals surface area contributed by atoms with Crippen molar-refractivity contribution in [2.75, 3.05) is 0 Å². The molecule has 24 heavy (non-hydrogen) atoms. The van der Waals surface area contributed by atoms with E-state index in [0.717, 1.165) is 0 Å². The molecule has 0 aliphatic heterocycles. The van der Waals surface area contributed by atoms with Gasteiger partial charge in [0.2, 0.25) is 9.49 Å². The second-order valence-electron chi connectivity index (χ2n) is 4.52. The van der Waals surface area contributed by atoms with Crippen molar-refractivity contribution in [3.8, 4) is 0 Å². The Labute approximate surface area is 136 Å². The van der Waals surface area contributed by atoms with Gasteiger partial charge in [-0.3, -0.25) is 0 Å². The molecule has 14 heteroatoms. The first-order valence-corrected chi connectivity index (χ1v) is 8.11. The topological polar surface area (TPSA) is 0 Å². The first-order chi connectivity index (χ1) is 10.3. The molecule has 0 atom stereocenters. The van der Waals surface area contributed by atoms with Crippen LogP contribution in [0.4, 0.5) is 52.7 Å². The quantitative estimate of drug-likeness (QED) is 0.349. The fourth-order valence-corrected chi connectivity index (χ4v) is 5.17. The SMILES string of the molecule is CCC(SSC(CC)(C(F)(F)F)C(F)(F)F)(C(F)(F)F)C(F)(F)F. The monoisotopic (exact) mass is 422 g/mol. The van der Waals surface area contributed by atoms with Crippen LogP contribution in [0.1, 0.15) is 26.7 Å². The van der Waals surface area contributed by atoms with Crippen LogP contribution < -0.4 is 0 Å². The molecule has 0 radical (unpaired) electrons. The number of hydrogen-bond donors (Lipinski definition) is 0. The van der Waals surface area contributed by atoms with Gasteiger partial charge in [-0.25, -0.2) is 0 Å². The molecule has 0 saturated heterocycles. The van der Waals surface area contributed by atoms with Gasteiger partial charge in [-0.15, -0.1) is 0 Å². The van der Waals surface area contributed by atoms with E-state index in [1.165, 1.54) is 0 Å². The lowest BCUT2D eigenvalue weighted by molar-refractivity contribution is -0.267. The Bertz CT molecular complexity index is 348. The van der Waals surface area contributed by atoms with Crippen molar-refractivity contribution < 1.29 is 52.7 Å². The summed E-state index contributed by atoms with van der Waals surface area (Å²) < 4.78 is 144. The van der Waals surface area contributed by atoms with Crippen LogP contribution in [-0.4, -0.2) is 34.2 Å². The minimum Gasteiger partial charge on any atom is -0.169 e. The van der Waals surface area contributed by atoms with E-state index in [-0.39, 0.29) is 0 Å². The third-order valence-electron chi connectivity index (χ3n) is 3.15. The summed E-state index contributed by atoms with van der Waals surface area (Å²) in [4.78, 5) is 0. The van der Waals surface area contributed by atoms with Gasteiger partial charge in [-0.05, 0) is 12.8 Å². The van der Waals surface area contributed by atoms with Crippen molar-refractivity contribution in [3.63, 3.8) is 0 Å². The molecule has 0 aliphatic carbocycles. The zero-order valence-corrected chi connectivity index (χ0v) is 13.4. The second-order valence-corrected chi connectivity index (χ2v) is 7.25. The summed E-state index contributed by atoms with van der Waals surface area (Å²) in [6.07, 6.45) is -28.0. The zero-order valence-electron chi connectivity index (χ0n) is 11.8. The maximum Gasteiger partial charge on any atom is 0.412 e. The summed E-state index contributed by atoms with van der Waals surface area (Å²) >= 11 is 0. The zero-order chi connectivity index (χ0) is 19.8. The van der Waals surface area contributed by atoms with Crippen LogP contribution in [0.15, 0.2) is 0 Å². The Kier molecular flexibility index (Phi) is 6.84. The molecule has 0 fully saturated rings. The van der Waals surface area contributed by atoms with Crippen molar-refractivity contribution in [1.29, 1.82) is 0 Å². The largest absolute Gasteiger partial charge is 0.412 e. The molecule has 0 nitrogen and oxygen atoms in total. The molecule has 146 valence electrons. The highest BCUT2D eigenvalue weighted by atomic mass is 33.1. The molecule has 0 heterocycles. The number of alkyl halides is 12. The summed E-state index contributed by atoms with van der Waals surface area (Å²) in [6, 6.07) is 0. The third kappa shape index (κ3) is 3.98. The molecule has 0 saturated carbocycles. The van der Waals surface area contributed by atoms with E-state index in [0.29, 0.717) is 13.8 Å². The lowest BCUT2D eigenvalue weighted by Crippen LogP contribution is -2.56. The number of hydrogen-bond acceptors (Lipinski definition) is 2. The molecule has 0 rings (SSSR count). The fraction of sp³-hybridized carbons (Fsp3) is 1.00. The molecule has 0 aromatic rings. The van der Waals surface area contributed by atoms with Crippen LogP contribution in [0.25, 0.3) is 0 Å². The van der Waals surface area contributed by atoms with Crippen LogP contribution in [0.3, 0.4) is 0 Å². The summed E-state index contributed by atoms with van der Waals surface area (Å²) in [5.41, 5.74) is 0. The van der Waals surface area contributed by atoms with Gasteiger partial charge < -0.3 is 0 Å². The summed E-state index contributed by atoms with van der Waals surface area (Å²) in [7, 11) is -3.01. The van der Waals surface area contributed by atoms with Crippen molar-refractivity contribution in [2.24, 2.45) is 0 Å². The molecular formula is C10H10F12S2. The minimum absolute atomic E-state index is 0.378. The van der Waals surface area contributed by atoms with Crippen LogP contribution in [-0.2, 0) is 0 Å². The average molecular weight is 422 g/mol. The van der Waals surface area contributed by atoms with Crippen molar-refractivity contribution in [1.82, 2.24) is 0 Å². The first kappa shape index (κ1) is 23.9. The lowest BCUT2D eigenvalue weighted by atomic mass is 10.0. The maximum atomic E-state index is 12.8. The molecule has 0 spiro atoms. The van der Waals surface area contributed by atoms with Gasteiger partial charge in [0.25, 0.3) is 0 Å². The fourth-order valence-electron chi connectivity index (χ4n) is 1.57. The Morgan fingerprint density at radius 3 is 0.708 bits per heavy atom. The van der Waals surface area contributed by atoms with Crippen LogP contribution >= 0.6 is 21.6 Å². The van der Waals surface area contributed by atoms with Crippen molar-refractivity contribution >= 4 is 21.6 Å². The molecule has 0 N–H and O–H groups in total. The molecule has 0 aromatic carbocycles. The Morgan fingerprint density at radius 2 is 0.625 bits per heavy atom. The van der Waals surface area contributed by atoms with Gasteiger partial charge in [-0.1, -0.05) is 35.4 Å². The highest BCUT2D eigenvalue weighted by Gasteiger charge is 2.75. The lowest BCUT2D eigenvalue weighted by Gasteiger charge is -2.40. The van der Waals surface area contributed by atoms with Gasteiger partial charge in [0.1, 0.15) is 0 Å². The Morgan fingerprint density at radius 1 is 0.458 bits per heavy atom. The summed E-state index contributed by atoms with van der Waals surface area (Å²) in [5.74, 6) is 0. The Hall–Kier alpha value is -0.140.